The van der Waals surface area contributed by atoms with Crippen LogP contribution in [-0.4, -0.2) is 30.8 Å². The maximum atomic E-state index is 12.5. The molecule has 0 bridgehead atoms. The highest BCUT2D eigenvalue weighted by Crippen LogP contribution is 2.31. The van der Waals surface area contributed by atoms with Crippen LogP contribution in [0.25, 0.3) is 0 Å². The van der Waals surface area contributed by atoms with Crippen LogP contribution in [0.3, 0.4) is 0 Å². The fourth-order valence-electron chi connectivity index (χ4n) is 1.58. The SMILES string of the molecule is C=CCCOCCNc1ccc(C(F)(F)F)cc1C(=O)O. The van der Waals surface area contributed by atoms with Crippen molar-refractivity contribution in [1.29, 1.82) is 0 Å². The van der Waals surface area contributed by atoms with E-state index in [0.717, 1.165) is 12.1 Å². The zero-order valence-electron chi connectivity index (χ0n) is 11.2. The van der Waals surface area contributed by atoms with Crippen LogP contribution in [0.5, 0.6) is 0 Å². The molecule has 0 aliphatic rings. The molecule has 4 nitrogen and oxygen atoms in total. The summed E-state index contributed by atoms with van der Waals surface area (Å²) in [6, 6.07) is 2.56. The molecule has 0 unspecified atom stereocenters. The average molecular weight is 303 g/mol. The Kier molecular flexibility index (Phi) is 6.23. The van der Waals surface area contributed by atoms with E-state index in [-0.39, 0.29) is 5.69 Å². The molecule has 0 aromatic heterocycles. The number of carboxylic acid groups (broad SMARTS) is 1. The molecule has 116 valence electrons. The minimum Gasteiger partial charge on any atom is -0.478 e. The van der Waals surface area contributed by atoms with Gasteiger partial charge in [0.05, 0.1) is 24.3 Å². The Balaban J connectivity index is 2.69. The van der Waals surface area contributed by atoms with Crippen LogP contribution in [0.2, 0.25) is 0 Å². The number of aromatic carboxylic acids is 1. The molecule has 1 aromatic carbocycles. The molecule has 0 saturated carbocycles. The first-order valence-electron chi connectivity index (χ1n) is 6.23. The molecule has 0 atom stereocenters. The summed E-state index contributed by atoms with van der Waals surface area (Å²) in [7, 11) is 0. The van der Waals surface area contributed by atoms with E-state index >= 15 is 0 Å². The van der Waals surface area contributed by atoms with Crippen LogP contribution in [0.1, 0.15) is 22.3 Å². The number of nitrogens with one attached hydrogen (secondary N) is 1. The van der Waals surface area contributed by atoms with Crippen LogP contribution < -0.4 is 5.32 Å². The highest BCUT2D eigenvalue weighted by Gasteiger charge is 2.31. The van der Waals surface area contributed by atoms with Gasteiger partial charge in [-0.25, -0.2) is 4.79 Å². The number of benzene rings is 1. The van der Waals surface area contributed by atoms with Crippen molar-refractivity contribution in [2.24, 2.45) is 0 Å². The van der Waals surface area contributed by atoms with E-state index in [1.165, 1.54) is 0 Å². The standard InChI is InChI=1S/C14H16F3NO3/c1-2-3-7-21-8-6-18-12-5-4-10(14(15,16)17)9-11(12)13(19)20/h2,4-5,9,18H,1,3,6-8H2,(H,19,20). The van der Waals surface area contributed by atoms with Crippen LogP contribution >= 0.6 is 0 Å². The molecule has 2 N–H and O–H groups in total. The molecule has 0 aliphatic heterocycles. The summed E-state index contributed by atoms with van der Waals surface area (Å²) >= 11 is 0. The highest BCUT2D eigenvalue weighted by molar-refractivity contribution is 5.94. The Labute approximate surface area is 120 Å². The molecule has 0 heterocycles. The quantitative estimate of drug-likeness (QED) is 0.571. The molecule has 0 radical (unpaired) electrons. The number of halogens is 3. The van der Waals surface area contributed by atoms with Crippen molar-refractivity contribution in [3.05, 3.63) is 42.0 Å². The fraction of sp³-hybridized carbons (Fsp3) is 0.357. The van der Waals surface area contributed by atoms with Gasteiger partial charge in [-0.15, -0.1) is 6.58 Å². The minimum absolute atomic E-state index is 0.128. The third kappa shape index (κ3) is 5.47. The molecule has 0 fully saturated rings. The molecular formula is C14H16F3NO3. The van der Waals surface area contributed by atoms with Crippen LogP contribution in [0.4, 0.5) is 18.9 Å². The predicted octanol–water partition coefficient (Wildman–Crippen LogP) is 3.41. The summed E-state index contributed by atoms with van der Waals surface area (Å²) in [5, 5.41) is 11.7. The van der Waals surface area contributed by atoms with Crippen molar-refractivity contribution in [1.82, 2.24) is 0 Å². The van der Waals surface area contributed by atoms with E-state index in [2.05, 4.69) is 11.9 Å². The molecule has 7 heteroatoms. The van der Waals surface area contributed by atoms with Crippen molar-refractivity contribution < 1.29 is 27.8 Å². The highest BCUT2D eigenvalue weighted by atomic mass is 19.4. The first kappa shape index (κ1) is 17.0. The molecule has 21 heavy (non-hydrogen) atoms. The number of carboxylic acids is 1. The summed E-state index contributed by atoms with van der Waals surface area (Å²) in [6.07, 6.45) is -2.18. The Morgan fingerprint density at radius 1 is 1.38 bits per heavy atom. The molecule has 0 spiro atoms. The van der Waals surface area contributed by atoms with Gasteiger partial charge in [-0.05, 0) is 24.6 Å². The number of anilines is 1. The van der Waals surface area contributed by atoms with Crippen molar-refractivity contribution in [2.75, 3.05) is 25.1 Å². The minimum atomic E-state index is -4.57. The molecule has 0 saturated heterocycles. The maximum Gasteiger partial charge on any atom is 0.416 e. The van der Waals surface area contributed by atoms with Crippen LogP contribution in [0, 0.1) is 0 Å². The van der Waals surface area contributed by atoms with E-state index in [1.54, 1.807) is 6.08 Å². The molecule has 1 rings (SSSR count). The Hall–Kier alpha value is -2.02. The Bertz CT molecular complexity index is 501. The van der Waals surface area contributed by atoms with Gasteiger partial charge in [0.1, 0.15) is 0 Å². The molecule has 0 aliphatic carbocycles. The summed E-state index contributed by atoms with van der Waals surface area (Å²) in [5.74, 6) is -1.42. The van der Waals surface area contributed by atoms with Gasteiger partial charge in [0.2, 0.25) is 0 Å². The van der Waals surface area contributed by atoms with Gasteiger partial charge in [-0.1, -0.05) is 6.08 Å². The lowest BCUT2D eigenvalue weighted by Crippen LogP contribution is -2.14. The number of hydrogen-bond acceptors (Lipinski definition) is 3. The summed E-state index contributed by atoms with van der Waals surface area (Å²) in [5.41, 5.74) is -1.29. The normalized spacial score (nSPS) is 11.2. The first-order valence-corrected chi connectivity index (χ1v) is 6.23. The van der Waals surface area contributed by atoms with Crippen molar-refractivity contribution >= 4 is 11.7 Å². The van der Waals surface area contributed by atoms with Gasteiger partial charge in [-0.2, -0.15) is 13.2 Å². The number of rotatable bonds is 8. The van der Waals surface area contributed by atoms with Gasteiger partial charge in [-0.3, -0.25) is 0 Å². The lowest BCUT2D eigenvalue weighted by molar-refractivity contribution is -0.137. The maximum absolute atomic E-state index is 12.5. The van der Waals surface area contributed by atoms with Gasteiger partial charge in [0, 0.05) is 12.2 Å². The number of ether oxygens (including phenoxy) is 1. The predicted molar refractivity (Wildman–Crippen MR) is 72.5 cm³/mol. The van der Waals surface area contributed by atoms with Gasteiger partial charge in [0.25, 0.3) is 0 Å². The molecular weight excluding hydrogens is 287 g/mol. The van der Waals surface area contributed by atoms with E-state index in [0.29, 0.717) is 32.2 Å². The molecule has 1 aromatic rings. The lowest BCUT2D eigenvalue weighted by atomic mass is 10.1. The Morgan fingerprint density at radius 3 is 2.67 bits per heavy atom. The molecule has 0 amide bonds. The van der Waals surface area contributed by atoms with Crippen molar-refractivity contribution in [3.63, 3.8) is 0 Å². The smallest absolute Gasteiger partial charge is 0.416 e. The lowest BCUT2D eigenvalue weighted by Gasteiger charge is -2.13. The fourth-order valence-corrected chi connectivity index (χ4v) is 1.58. The van der Waals surface area contributed by atoms with Gasteiger partial charge < -0.3 is 15.2 Å². The largest absolute Gasteiger partial charge is 0.478 e. The number of alkyl halides is 3. The van der Waals surface area contributed by atoms with Crippen molar-refractivity contribution in [2.45, 2.75) is 12.6 Å². The van der Waals surface area contributed by atoms with Gasteiger partial charge in [0.15, 0.2) is 0 Å². The van der Waals surface area contributed by atoms with Crippen molar-refractivity contribution in [3.8, 4) is 0 Å². The number of carbonyl (C=O) groups is 1. The second-order valence-corrected chi connectivity index (χ2v) is 4.18. The van der Waals surface area contributed by atoms with E-state index in [1.807, 2.05) is 0 Å². The first-order chi connectivity index (χ1) is 9.86. The second kappa shape index (κ2) is 7.68. The van der Waals surface area contributed by atoms with Gasteiger partial charge >= 0.3 is 12.1 Å². The van der Waals surface area contributed by atoms with Crippen LogP contribution in [-0.2, 0) is 10.9 Å². The third-order valence-corrected chi connectivity index (χ3v) is 2.61. The van der Waals surface area contributed by atoms with E-state index in [4.69, 9.17) is 9.84 Å². The van der Waals surface area contributed by atoms with E-state index < -0.39 is 23.3 Å². The zero-order chi connectivity index (χ0) is 15.9. The van der Waals surface area contributed by atoms with E-state index in [9.17, 15) is 18.0 Å². The van der Waals surface area contributed by atoms with Crippen LogP contribution in [0.15, 0.2) is 30.9 Å². The third-order valence-electron chi connectivity index (χ3n) is 2.61. The monoisotopic (exact) mass is 303 g/mol. The average Bonchev–Trinajstić information content (AvgIpc) is 2.41. The summed E-state index contributed by atoms with van der Waals surface area (Å²) < 4.78 is 42.9. The topological polar surface area (TPSA) is 58.6 Å². The number of hydrogen-bond donors (Lipinski definition) is 2. The zero-order valence-corrected chi connectivity index (χ0v) is 11.2. The Morgan fingerprint density at radius 2 is 2.10 bits per heavy atom. The second-order valence-electron chi connectivity index (χ2n) is 4.18. The summed E-state index contributed by atoms with van der Waals surface area (Å²) in [4.78, 5) is 11.0. The summed E-state index contributed by atoms with van der Waals surface area (Å²) in [6.45, 7) is 4.63.